The molecule has 1 N–H and O–H groups in total. The van der Waals surface area contributed by atoms with E-state index in [1.807, 2.05) is 30.3 Å². The summed E-state index contributed by atoms with van der Waals surface area (Å²) in [7, 11) is 0. The van der Waals surface area contributed by atoms with Crippen molar-refractivity contribution in [1.82, 2.24) is 9.97 Å². The third-order valence-corrected chi connectivity index (χ3v) is 2.75. The Kier molecular flexibility index (Phi) is 2.15. The van der Waals surface area contributed by atoms with Gasteiger partial charge in [0.15, 0.2) is 0 Å². The summed E-state index contributed by atoms with van der Waals surface area (Å²) in [6, 6.07) is 16.2. The molecule has 0 fully saturated rings. The molecule has 0 aliphatic heterocycles. The Morgan fingerprint density at radius 1 is 0.938 bits per heavy atom. The molecule has 78 valence electrons. The first-order chi connectivity index (χ1) is 7.84. The zero-order valence-electron chi connectivity index (χ0n) is 8.44. The van der Waals surface area contributed by atoms with E-state index in [9.17, 15) is 0 Å². The summed E-state index contributed by atoms with van der Waals surface area (Å²) in [5.41, 5.74) is 4.13. The fourth-order valence-corrected chi connectivity index (χ4v) is 2.04. The molecule has 2 aromatic carbocycles. The zero-order valence-corrected chi connectivity index (χ0v) is 9.20. The topological polar surface area (TPSA) is 28.7 Å². The summed E-state index contributed by atoms with van der Waals surface area (Å²) in [6.45, 7) is 0. The van der Waals surface area contributed by atoms with Crippen molar-refractivity contribution in [2.24, 2.45) is 0 Å². The number of hydrogen-bond acceptors (Lipinski definition) is 1. The van der Waals surface area contributed by atoms with Gasteiger partial charge in [-0.2, -0.15) is 0 Å². The lowest BCUT2D eigenvalue weighted by Crippen LogP contribution is -1.79. The molecule has 0 radical (unpaired) electrons. The van der Waals surface area contributed by atoms with Crippen LogP contribution in [0.4, 0.5) is 0 Å². The molecule has 0 spiro atoms. The van der Waals surface area contributed by atoms with Crippen LogP contribution in [0.15, 0.2) is 48.5 Å². The van der Waals surface area contributed by atoms with Crippen LogP contribution in [-0.2, 0) is 0 Å². The molecule has 0 saturated carbocycles. The van der Waals surface area contributed by atoms with Crippen molar-refractivity contribution in [2.45, 2.75) is 0 Å². The van der Waals surface area contributed by atoms with Gasteiger partial charge in [-0.05, 0) is 23.2 Å². The van der Waals surface area contributed by atoms with Crippen LogP contribution in [0, 0.1) is 0 Å². The molecule has 3 aromatic rings. The van der Waals surface area contributed by atoms with Crippen LogP contribution in [0.25, 0.3) is 22.2 Å². The fraction of sp³-hybridized carbons (Fsp3) is 0. The number of hydrogen-bond donors (Lipinski definition) is 1. The summed E-state index contributed by atoms with van der Waals surface area (Å²) < 4.78 is 0. The number of aromatic nitrogens is 2. The smallest absolute Gasteiger partial charge is 0.201 e. The highest BCUT2D eigenvalue weighted by Gasteiger charge is 2.06. The second kappa shape index (κ2) is 3.65. The van der Waals surface area contributed by atoms with E-state index in [-0.39, 0.29) is 0 Å². The van der Waals surface area contributed by atoms with Gasteiger partial charge in [0.2, 0.25) is 5.28 Å². The van der Waals surface area contributed by atoms with E-state index in [0.717, 1.165) is 22.2 Å². The molecule has 0 bridgehead atoms. The molecule has 0 amide bonds. The van der Waals surface area contributed by atoms with Crippen LogP contribution in [0.1, 0.15) is 0 Å². The first-order valence-corrected chi connectivity index (χ1v) is 5.42. The molecule has 0 atom stereocenters. The number of benzene rings is 2. The maximum atomic E-state index is 5.88. The molecule has 3 rings (SSSR count). The number of H-pyrrole nitrogens is 1. The second-order valence-corrected chi connectivity index (χ2v) is 3.95. The van der Waals surface area contributed by atoms with Gasteiger partial charge in [-0.25, -0.2) is 4.98 Å². The summed E-state index contributed by atoms with van der Waals surface area (Å²) in [6.07, 6.45) is 0. The quantitative estimate of drug-likeness (QED) is 0.673. The van der Waals surface area contributed by atoms with Crippen molar-refractivity contribution in [2.75, 3.05) is 0 Å². The predicted molar refractivity (Wildman–Crippen MR) is 66.5 cm³/mol. The van der Waals surface area contributed by atoms with Gasteiger partial charge < -0.3 is 4.98 Å². The second-order valence-electron chi connectivity index (χ2n) is 3.60. The van der Waals surface area contributed by atoms with Crippen LogP contribution in [0.5, 0.6) is 0 Å². The van der Waals surface area contributed by atoms with E-state index in [0.29, 0.717) is 5.28 Å². The number of nitrogens with one attached hydrogen (secondary N) is 1. The summed E-state index contributed by atoms with van der Waals surface area (Å²) in [5.74, 6) is 0. The van der Waals surface area contributed by atoms with Crippen molar-refractivity contribution in [3.8, 4) is 11.1 Å². The molecule has 1 heterocycles. The van der Waals surface area contributed by atoms with Crippen LogP contribution in [0.2, 0.25) is 5.28 Å². The van der Waals surface area contributed by atoms with Gasteiger partial charge in [0.1, 0.15) is 0 Å². The number of fused-ring (bicyclic) bond motifs is 1. The molecule has 2 nitrogen and oxygen atoms in total. The minimum Gasteiger partial charge on any atom is -0.329 e. The van der Waals surface area contributed by atoms with Crippen LogP contribution < -0.4 is 0 Å². The summed E-state index contributed by atoms with van der Waals surface area (Å²) in [5, 5.41) is 0.429. The molecule has 3 heteroatoms. The molecule has 1 aromatic heterocycles. The molecular formula is C13H9ClN2. The molecular weight excluding hydrogens is 220 g/mol. The minimum atomic E-state index is 0.429. The Hall–Kier alpha value is -1.80. The molecule has 0 unspecified atom stereocenters. The SMILES string of the molecule is Clc1nc2c(-c3ccccc3)cccc2[nH]1. The van der Waals surface area contributed by atoms with Gasteiger partial charge in [0.25, 0.3) is 0 Å². The highest BCUT2D eigenvalue weighted by atomic mass is 35.5. The summed E-state index contributed by atoms with van der Waals surface area (Å²) in [4.78, 5) is 7.32. The lowest BCUT2D eigenvalue weighted by molar-refractivity contribution is 1.34. The van der Waals surface area contributed by atoms with Gasteiger partial charge >= 0.3 is 0 Å². The van der Waals surface area contributed by atoms with E-state index >= 15 is 0 Å². The third kappa shape index (κ3) is 1.48. The summed E-state index contributed by atoms with van der Waals surface area (Å²) >= 11 is 5.88. The monoisotopic (exact) mass is 228 g/mol. The van der Waals surface area contributed by atoms with Gasteiger partial charge in [0.05, 0.1) is 11.0 Å². The average Bonchev–Trinajstić information content (AvgIpc) is 2.70. The van der Waals surface area contributed by atoms with Crippen LogP contribution >= 0.6 is 11.6 Å². The number of para-hydroxylation sites is 1. The van der Waals surface area contributed by atoms with E-state index in [4.69, 9.17) is 11.6 Å². The zero-order chi connectivity index (χ0) is 11.0. The van der Waals surface area contributed by atoms with Gasteiger partial charge in [-0.3, -0.25) is 0 Å². The Morgan fingerprint density at radius 3 is 2.56 bits per heavy atom. The van der Waals surface area contributed by atoms with E-state index in [1.54, 1.807) is 0 Å². The van der Waals surface area contributed by atoms with Gasteiger partial charge in [-0.15, -0.1) is 0 Å². The lowest BCUT2D eigenvalue weighted by atomic mass is 10.0. The highest BCUT2D eigenvalue weighted by molar-refractivity contribution is 6.29. The number of nitrogens with zero attached hydrogens (tertiary/aromatic N) is 1. The van der Waals surface area contributed by atoms with Crippen molar-refractivity contribution in [3.05, 3.63) is 53.8 Å². The lowest BCUT2D eigenvalue weighted by Gasteiger charge is -2.01. The van der Waals surface area contributed by atoms with Gasteiger partial charge in [0, 0.05) is 5.56 Å². The largest absolute Gasteiger partial charge is 0.329 e. The molecule has 0 aliphatic rings. The Labute approximate surface area is 97.9 Å². The molecule has 0 aliphatic carbocycles. The standard InChI is InChI=1S/C13H9ClN2/c14-13-15-11-8-4-7-10(12(11)16-13)9-5-2-1-3-6-9/h1-8H,(H,15,16). The highest BCUT2D eigenvalue weighted by Crippen LogP contribution is 2.27. The van der Waals surface area contributed by atoms with Crippen molar-refractivity contribution >= 4 is 22.6 Å². The molecule has 16 heavy (non-hydrogen) atoms. The predicted octanol–water partition coefficient (Wildman–Crippen LogP) is 3.88. The van der Waals surface area contributed by atoms with Gasteiger partial charge in [-0.1, -0.05) is 42.5 Å². The Bertz CT molecular complexity index is 629. The number of imidazole rings is 1. The number of halogens is 1. The van der Waals surface area contributed by atoms with Crippen LogP contribution in [-0.4, -0.2) is 9.97 Å². The third-order valence-electron chi connectivity index (χ3n) is 2.57. The van der Waals surface area contributed by atoms with E-state index in [2.05, 4.69) is 28.2 Å². The van der Waals surface area contributed by atoms with E-state index in [1.165, 1.54) is 0 Å². The average molecular weight is 229 g/mol. The maximum Gasteiger partial charge on any atom is 0.201 e. The van der Waals surface area contributed by atoms with Crippen molar-refractivity contribution < 1.29 is 0 Å². The number of rotatable bonds is 1. The maximum absolute atomic E-state index is 5.88. The first-order valence-electron chi connectivity index (χ1n) is 5.04. The Morgan fingerprint density at radius 2 is 1.75 bits per heavy atom. The first kappa shape index (κ1) is 9.43. The molecule has 0 saturated heterocycles. The van der Waals surface area contributed by atoms with Crippen LogP contribution in [0.3, 0.4) is 0 Å². The van der Waals surface area contributed by atoms with Crippen molar-refractivity contribution in [1.29, 1.82) is 0 Å². The van der Waals surface area contributed by atoms with E-state index < -0.39 is 0 Å². The minimum absolute atomic E-state index is 0.429. The van der Waals surface area contributed by atoms with Crippen molar-refractivity contribution in [3.63, 3.8) is 0 Å². The fourth-order valence-electron chi connectivity index (χ4n) is 1.85. The number of aromatic amines is 1. The Balaban J connectivity index is 2.31. The normalized spacial score (nSPS) is 10.8.